The van der Waals surface area contributed by atoms with Crippen LogP contribution in [0.5, 0.6) is 0 Å². The predicted molar refractivity (Wildman–Crippen MR) is 139 cm³/mol. The van der Waals surface area contributed by atoms with Crippen molar-refractivity contribution >= 4 is 29.5 Å². The Labute approximate surface area is 221 Å². The number of anilines is 1. The highest BCUT2D eigenvalue weighted by molar-refractivity contribution is 6.00. The van der Waals surface area contributed by atoms with Gasteiger partial charge in [-0.15, -0.1) is 0 Å². The monoisotopic (exact) mass is 524 g/mol. The largest absolute Gasteiger partial charge is 0.481 e. The lowest BCUT2D eigenvalue weighted by atomic mass is 9.82. The van der Waals surface area contributed by atoms with Gasteiger partial charge in [-0.05, 0) is 61.6 Å². The number of amides is 4. The van der Waals surface area contributed by atoms with Crippen molar-refractivity contribution in [3.05, 3.63) is 65.5 Å². The number of halogens is 1. The fraction of sp³-hybridized carbons (Fsp3) is 0.429. The molecule has 1 aliphatic carbocycles. The van der Waals surface area contributed by atoms with Gasteiger partial charge in [-0.25, -0.2) is 9.18 Å². The number of urea groups is 1. The first-order valence-electron chi connectivity index (χ1n) is 13.0. The standard InChI is InChI=1S/C28H33FN4O5/c1-18-7-5-12-22(15-18)30-28(38)33-14-13-32(27(37)20-10-6-11-21(29)16-20)26(33)25(36)31-23(17-24(34)35)19-8-3-2-4-9-19/h5-7,10-12,15-16,19,23,26H,2-4,8-9,13-14,17H2,1H3,(H,30,38)(H,31,36)(H,34,35). The van der Waals surface area contributed by atoms with Gasteiger partial charge < -0.3 is 20.6 Å². The van der Waals surface area contributed by atoms with Gasteiger partial charge in [-0.1, -0.05) is 37.5 Å². The Kier molecular flexibility index (Phi) is 8.60. The number of nitrogens with zero attached hydrogens (tertiary/aromatic N) is 2. The Hall–Kier alpha value is -3.95. The van der Waals surface area contributed by atoms with E-state index in [1.165, 1.54) is 28.0 Å². The molecule has 1 saturated carbocycles. The fourth-order valence-corrected chi connectivity index (χ4v) is 5.36. The van der Waals surface area contributed by atoms with Crippen LogP contribution >= 0.6 is 0 Å². The molecule has 2 atom stereocenters. The van der Waals surface area contributed by atoms with Gasteiger partial charge in [0.25, 0.3) is 11.8 Å². The second kappa shape index (κ2) is 12.1. The predicted octanol–water partition coefficient (Wildman–Crippen LogP) is 3.99. The summed E-state index contributed by atoms with van der Waals surface area (Å²) in [5.74, 6) is -2.86. The second-order valence-electron chi connectivity index (χ2n) is 9.99. The SMILES string of the molecule is Cc1cccc(NC(=O)N2CCN(C(=O)c3cccc(F)c3)C2C(=O)NC(CC(=O)O)C2CCCCC2)c1. The molecule has 9 nitrogen and oxygen atoms in total. The first-order chi connectivity index (χ1) is 18.2. The van der Waals surface area contributed by atoms with E-state index in [2.05, 4.69) is 10.6 Å². The van der Waals surface area contributed by atoms with Crippen LogP contribution in [-0.4, -0.2) is 64.0 Å². The van der Waals surface area contributed by atoms with Crippen molar-refractivity contribution < 1.29 is 28.7 Å². The molecule has 0 bridgehead atoms. The molecule has 2 aliphatic rings. The number of carboxylic acid groups (broad SMARTS) is 1. The highest BCUT2D eigenvalue weighted by atomic mass is 19.1. The van der Waals surface area contributed by atoms with Crippen molar-refractivity contribution in [1.82, 2.24) is 15.1 Å². The van der Waals surface area contributed by atoms with Crippen LogP contribution in [0.4, 0.5) is 14.9 Å². The van der Waals surface area contributed by atoms with Gasteiger partial charge >= 0.3 is 12.0 Å². The maximum absolute atomic E-state index is 13.9. The number of nitrogens with one attached hydrogen (secondary N) is 2. The molecule has 0 spiro atoms. The summed E-state index contributed by atoms with van der Waals surface area (Å²) in [6.45, 7) is 2.01. The third-order valence-corrected chi connectivity index (χ3v) is 7.21. The van der Waals surface area contributed by atoms with Crippen LogP contribution in [-0.2, 0) is 9.59 Å². The van der Waals surface area contributed by atoms with Gasteiger partial charge in [0.05, 0.1) is 6.42 Å². The van der Waals surface area contributed by atoms with Crippen molar-refractivity contribution in [2.75, 3.05) is 18.4 Å². The number of rotatable bonds is 7. The normalized spacial score (nSPS) is 18.6. The van der Waals surface area contributed by atoms with Crippen LogP contribution < -0.4 is 10.6 Å². The van der Waals surface area contributed by atoms with Crippen LogP contribution in [0.25, 0.3) is 0 Å². The third-order valence-electron chi connectivity index (χ3n) is 7.21. The molecule has 2 unspecified atom stereocenters. The van der Waals surface area contributed by atoms with Crippen LogP contribution in [0.2, 0.25) is 0 Å². The molecule has 1 saturated heterocycles. The molecular formula is C28H33FN4O5. The van der Waals surface area contributed by atoms with Gasteiger partial charge in [-0.2, -0.15) is 0 Å². The lowest BCUT2D eigenvalue weighted by Crippen LogP contribution is -2.57. The lowest BCUT2D eigenvalue weighted by molar-refractivity contribution is -0.138. The van der Waals surface area contributed by atoms with E-state index in [4.69, 9.17) is 0 Å². The Bertz CT molecular complexity index is 1200. The number of carbonyl (C=O) groups is 4. The molecule has 0 radical (unpaired) electrons. The van der Waals surface area contributed by atoms with E-state index >= 15 is 0 Å². The zero-order chi connectivity index (χ0) is 27.2. The topological polar surface area (TPSA) is 119 Å². The van der Waals surface area contributed by atoms with Crippen LogP contribution in [0, 0.1) is 18.7 Å². The number of hydrogen-bond acceptors (Lipinski definition) is 4. The summed E-state index contributed by atoms with van der Waals surface area (Å²) < 4.78 is 13.9. The average molecular weight is 525 g/mol. The van der Waals surface area contributed by atoms with Crippen LogP contribution in [0.1, 0.15) is 54.4 Å². The van der Waals surface area contributed by atoms with E-state index in [0.29, 0.717) is 5.69 Å². The van der Waals surface area contributed by atoms with Gasteiger partial charge in [0.2, 0.25) is 0 Å². The molecule has 4 amide bonds. The molecular weight excluding hydrogens is 491 g/mol. The van der Waals surface area contributed by atoms with Gasteiger partial charge in [0, 0.05) is 30.4 Å². The van der Waals surface area contributed by atoms with E-state index in [0.717, 1.165) is 43.7 Å². The lowest BCUT2D eigenvalue weighted by Gasteiger charge is -2.34. The van der Waals surface area contributed by atoms with E-state index in [1.54, 1.807) is 18.2 Å². The number of aliphatic carboxylic acids is 1. The van der Waals surface area contributed by atoms with E-state index in [9.17, 15) is 28.7 Å². The van der Waals surface area contributed by atoms with Gasteiger partial charge in [0.1, 0.15) is 5.82 Å². The van der Waals surface area contributed by atoms with E-state index in [1.807, 2.05) is 13.0 Å². The van der Waals surface area contributed by atoms with E-state index < -0.39 is 41.8 Å². The average Bonchev–Trinajstić information content (AvgIpc) is 3.34. The summed E-state index contributed by atoms with van der Waals surface area (Å²) in [7, 11) is 0. The fourth-order valence-electron chi connectivity index (χ4n) is 5.36. The van der Waals surface area contributed by atoms with Gasteiger partial charge in [-0.3, -0.25) is 19.3 Å². The summed E-state index contributed by atoms with van der Waals surface area (Å²) >= 11 is 0. The minimum absolute atomic E-state index is 0.00727. The Morgan fingerprint density at radius 3 is 2.39 bits per heavy atom. The van der Waals surface area contributed by atoms with Crippen LogP contribution in [0.15, 0.2) is 48.5 Å². The number of benzene rings is 2. The third kappa shape index (κ3) is 6.48. The summed E-state index contributed by atoms with van der Waals surface area (Å²) in [6.07, 6.45) is 2.99. The smallest absolute Gasteiger partial charge is 0.323 e. The Morgan fingerprint density at radius 1 is 1.00 bits per heavy atom. The maximum Gasteiger partial charge on any atom is 0.323 e. The van der Waals surface area contributed by atoms with Crippen molar-refractivity contribution in [3.8, 4) is 0 Å². The van der Waals surface area contributed by atoms with Gasteiger partial charge in [0.15, 0.2) is 6.17 Å². The van der Waals surface area contributed by atoms with Crippen molar-refractivity contribution in [3.63, 3.8) is 0 Å². The molecule has 3 N–H and O–H groups in total. The van der Waals surface area contributed by atoms with E-state index in [-0.39, 0.29) is 31.0 Å². The molecule has 38 heavy (non-hydrogen) atoms. The molecule has 10 heteroatoms. The number of hydrogen-bond donors (Lipinski definition) is 3. The maximum atomic E-state index is 13.9. The number of aryl methyl sites for hydroxylation is 1. The van der Waals surface area contributed by atoms with Crippen molar-refractivity contribution in [1.29, 1.82) is 0 Å². The molecule has 2 aromatic rings. The molecule has 2 fully saturated rings. The second-order valence-corrected chi connectivity index (χ2v) is 9.99. The first kappa shape index (κ1) is 27.1. The molecule has 202 valence electrons. The zero-order valence-corrected chi connectivity index (χ0v) is 21.4. The van der Waals surface area contributed by atoms with Crippen LogP contribution in [0.3, 0.4) is 0 Å². The Balaban J connectivity index is 1.61. The minimum atomic E-state index is -1.32. The summed E-state index contributed by atoms with van der Waals surface area (Å²) in [5.41, 5.74) is 1.53. The summed E-state index contributed by atoms with van der Waals surface area (Å²) in [6, 6.07) is 11.1. The molecule has 4 rings (SSSR count). The molecule has 1 heterocycles. The highest BCUT2D eigenvalue weighted by Crippen LogP contribution is 2.29. The molecule has 0 aromatic heterocycles. The number of carbonyl (C=O) groups excluding carboxylic acids is 3. The first-order valence-corrected chi connectivity index (χ1v) is 13.0. The number of carboxylic acids is 1. The van der Waals surface area contributed by atoms with Crippen molar-refractivity contribution in [2.24, 2.45) is 5.92 Å². The quantitative estimate of drug-likeness (QED) is 0.506. The zero-order valence-electron chi connectivity index (χ0n) is 21.4. The minimum Gasteiger partial charge on any atom is -0.481 e. The highest BCUT2D eigenvalue weighted by Gasteiger charge is 2.44. The summed E-state index contributed by atoms with van der Waals surface area (Å²) in [4.78, 5) is 54.5. The summed E-state index contributed by atoms with van der Waals surface area (Å²) in [5, 5.41) is 15.1. The molecule has 2 aromatic carbocycles. The Morgan fingerprint density at radius 2 is 1.71 bits per heavy atom. The molecule has 1 aliphatic heterocycles. The van der Waals surface area contributed by atoms with Crippen molar-refractivity contribution in [2.45, 2.75) is 57.7 Å².